The predicted octanol–water partition coefficient (Wildman–Crippen LogP) is -0.463. The van der Waals surface area contributed by atoms with Gasteiger partial charge in [-0.3, -0.25) is 9.48 Å². The van der Waals surface area contributed by atoms with Gasteiger partial charge in [-0.05, 0) is 0 Å². The number of nitrogens with zero attached hydrogens (tertiary/aromatic N) is 3. The van der Waals surface area contributed by atoms with Crippen molar-refractivity contribution < 1.29 is 17.9 Å². The van der Waals surface area contributed by atoms with Crippen LogP contribution in [-0.4, -0.2) is 61.3 Å². The average molecular weight is 301 g/mol. The third-order valence-electron chi connectivity index (χ3n) is 3.42. The summed E-state index contributed by atoms with van der Waals surface area (Å²) < 4.78 is 29.4. The SMILES string of the molecule is COC[C@@H]1CN(C(=O)CS(C)(=O)=O)Cc2c1cnn2C. The number of ether oxygens (including phenoxy) is 1. The van der Waals surface area contributed by atoms with E-state index in [4.69, 9.17) is 4.74 Å². The zero-order chi connectivity index (χ0) is 14.9. The highest BCUT2D eigenvalue weighted by atomic mass is 32.2. The van der Waals surface area contributed by atoms with Gasteiger partial charge in [0.15, 0.2) is 9.84 Å². The highest BCUT2D eigenvalue weighted by molar-refractivity contribution is 7.91. The van der Waals surface area contributed by atoms with Crippen molar-refractivity contribution in [3.05, 3.63) is 17.5 Å². The van der Waals surface area contributed by atoms with E-state index in [0.29, 0.717) is 19.7 Å². The van der Waals surface area contributed by atoms with Crippen LogP contribution in [-0.2, 0) is 33.0 Å². The number of rotatable bonds is 4. The number of carbonyl (C=O) groups is 1. The molecular formula is C12H19N3O4S. The number of hydrogen-bond acceptors (Lipinski definition) is 5. The Morgan fingerprint density at radius 1 is 1.55 bits per heavy atom. The van der Waals surface area contributed by atoms with Crippen LogP contribution < -0.4 is 0 Å². The molecule has 2 heterocycles. The van der Waals surface area contributed by atoms with Gasteiger partial charge in [-0.1, -0.05) is 0 Å². The van der Waals surface area contributed by atoms with Gasteiger partial charge in [0.25, 0.3) is 0 Å². The van der Waals surface area contributed by atoms with Crippen molar-refractivity contribution >= 4 is 15.7 Å². The van der Waals surface area contributed by atoms with Crippen LogP contribution in [0.3, 0.4) is 0 Å². The number of amides is 1. The quantitative estimate of drug-likeness (QED) is 0.751. The molecule has 1 aromatic heterocycles. The topological polar surface area (TPSA) is 81.5 Å². The maximum Gasteiger partial charge on any atom is 0.238 e. The number of sulfone groups is 1. The zero-order valence-corrected chi connectivity index (χ0v) is 12.7. The number of methoxy groups -OCH3 is 1. The molecule has 20 heavy (non-hydrogen) atoms. The third-order valence-corrected chi connectivity index (χ3v) is 4.19. The maximum atomic E-state index is 12.1. The van der Waals surface area contributed by atoms with Gasteiger partial charge in [0.1, 0.15) is 5.75 Å². The molecular weight excluding hydrogens is 282 g/mol. The van der Waals surface area contributed by atoms with Crippen molar-refractivity contribution in [1.29, 1.82) is 0 Å². The molecule has 1 amide bonds. The first-order valence-electron chi connectivity index (χ1n) is 6.27. The maximum absolute atomic E-state index is 12.1. The minimum Gasteiger partial charge on any atom is -0.384 e. The molecule has 1 aliphatic rings. The molecule has 0 bridgehead atoms. The van der Waals surface area contributed by atoms with E-state index < -0.39 is 15.6 Å². The largest absolute Gasteiger partial charge is 0.384 e. The lowest BCUT2D eigenvalue weighted by Gasteiger charge is -2.32. The molecule has 0 fully saturated rings. The summed E-state index contributed by atoms with van der Waals surface area (Å²) in [6, 6.07) is 0. The lowest BCUT2D eigenvalue weighted by atomic mass is 9.95. The Hall–Kier alpha value is -1.41. The van der Waals surface area contributed by atoms with E-state index in [1.54, 1.807) is 22.9 Å². The van der Waals surface area contributed by atoms with Crippen LogP contribution in [0.15, 0.2) is 6.20 Å². The van der Waals surface area contributed by atoms with E-state index >= 15 is 0 Å². The first-order chi connectivity index (χ1) is 9.31. The van der Waals surface area contributed by atoms with Gasteiger partial charge in [-0.25, -0.2) is 8.42 Å². The summed E-state index contributed by atoms with van der Waals surface area (Å²) in [5.74, 6) is -0.804. The Morgan fingerprint density at radius 2 is 2.25 bits per heavy atom. The Kier molecular flexibility index (Phi) is 4.14. The highest BCUT2D eigenvalue weighted by Crippen LogP contribution is 2.28. The Morgan fingerprint density at radius 3 is 2.85 bits per heavy atom. The molecule has 112 valence electrons. The van der Waals surface area contributed by atoms with Crippen molar-refractivity contribution in [2.75, 3.05) is 32.3 Å². The van der Waals surface area contributed by atoms with Crippen molar-refractivity contribution in [3.8, 4) is 0 Å². The third kappa shape index (κ3) is 3.18. The standard InChI is InChI=1S/C12H19N3O4S/c1-14-11-6-15(12(16)8-20(3,17)18)5-9(7-19-2)10(11)4-13-14/h4,9H,5-8H2,1-3H3/t9-/m0/s1. The Balaban J connectivity index is 2.23. The molecule has 8 heteroatoms. The Labute approximate surface area is 118 Å². The minimum atomic E-state index is -3.32. The lowest BCUT2D eigenvalue weighted by molar-refractivity contribution is -0.130. The average Bonchev–Trinajstić information content (AvgIpc) is 2.70. The number of aromatic nitrogens is 2. The van der Waals surface area contributed by atoms with Crippen molar-refractivity contribution in [2.24, 2.45) is 7.05 Å². The monoisotopic (exact) mass is 301 g/mol. The summed E-state index contributed by atoms with van der Waals surface area (Å²) in [6.45, 7) is 1.32. The smallest absolute Gasteiger partial charge is 0.238 e. The van der Waals surface area contributed by atoms with Gasteiger partial charge < -0.3 is 9.64 Å². The van der Waals surface area contributed by atoms with Crippen LogP contribution in [0.5, 0.6) is 0 Å². The summed E-state index contributed by atoms with van der Waals surface area (Å²) in [7, 11) is 0.0958. The molecule has 0 unspecified atom stereocenters. The van der Waals surface area contributed by atoms with Crippen LogP contribution in [0, 0.1) is 0 Å². The molecule has 0 aliphatic carbocycles. The molecule has 0 N–H and O–H groups in total. The van der Waals surface area contributed by atoms with Crippen LogP contribution in [0.2, 0.25) is 0 Å². The fourth-order valence-corrected chi connectivity index (χ4v) is 3.10. The molecule has 1 aliphatic heterocycles. The van der Waals surface area contributed by atoms with E-state index in [1.165, 1.54) is 0 Å². The normalized spacial score (nSPS) is 18.9. The van der Waals surface area contributed by atoms with Crippen LogP contribution in [0.4, 0.5) is 0 Å². The van der Waals surface area contributed by atoms with E-state index in [9.17, 15) is 13.2 Å². The van der Waals surface area contributed by atoms with Gasteiger partial charge in [0.05, 0.1) is 25.0 Å². The van der Waals surface area contributed by atoms with E-state index in [0.717, 1.165) is 17.5 Å². The second-order valence-corrected chi connectivity index (χ2v) is 7.31. The second-order valence-electron chi connectivity index (χ2n) is 5.17. The summed E-state index contributed by atoms with van der Waals surface area (Å²) in [5.41, 5.74) is 2.00. The van der Waals surface area contributed by atoms with Gasteiger partial charge in [-0.15, -0.1) is 0 Å². The van der Waals surface area contributed by atoms with Crippen LogP contribution in [0.25, 0.3) is 0 Å². The highest BCUT2D eigenvalue weighted by Gasteiger charge is 2.31. The molecule has 0 saturated heterocycles. The molecule has 0 saturated carbocycles. The van der Waals surface area contributed by atoms with Crippen molar-refractivity contribution in [1.82, 2.24) is 14.7 Å². The zero-order valence-electron chi connectivity index (χ0n) is 11.9. The molecule has 2 rings (SSSR count). The van der Waals surface area contributed by atoms with Gasteiger partial charge in [-0.2, -0.15) is 5.10 Å². The van der Waals surface area contributed by atoms with E-state index in [1.807, 2.05) is 7.05 Å². The minimum absolute atomic E-state index is 0.0287. The van der Waals surface area contributed by atoms with Gasteiger partial charge >= 0.3 is 0 Å². The second kappa shape index (κ2) is 5.53. The number of aryl methyl sites for hydroxylation is 1. The molecule has 0 radical (unpaired) electrons. The van der Waals surface area contributed by atoms with Gasteiger partial charge in [0.2, 0.25) is 5.91 Å². The molecule has 1 aromatic rings. The summed E-state index contributed by atoms with van der Waals surface area (Å²) >= 11 is 0. The van der Waals surface area contributed by atoms with E-state index in [-0.39, 0.29) is 11.8 Å². The molecule has 1 atom stereocenters. The first-order valence-corrected chi connectivity index (χ1v) is 8.33. The number of hydrogen-bond donors (Lipinski definition) is 0. The summed E-state index contributed by atoms with van der Waals surface area (Å²) in [5, 5.41) is 4.20. The molecule has 0 spiro atoms. The van der Waals surface area contributed by atoms with Crippen LogP contribution >= 0.6 is 0 Å². The van der Waals surface area contributed by atoms with Crippen molar-refractivity contribution in [3.63, 3.8) is 0 Å². The summed E-state index contributed by atoms with van der Waals surface area (Å²) in [4.78, 5) is 13.6. The fourth-order valence-electron chi connectivity index (χ4n) is 2.47. The van der Waals surface area contributed by atoms with E-state index in [2.05, 4.69) is 5.10 Å². The first kappa shape index (κ1) is 15.0. The van der Waals surface area contributed by atoms with Crippen LogP contribution in [0.1, 0.15) is 17.2 Å². The number of fused-ring (bicyclic) bond motifs is 1. The molecule has 0 aromatic carbocycles. The molecule has 7 nitrogen and oxygen atoms in total. The van der Waals surface area contributed by atoms with Gasteiger partial charge in [0, 0.05) is 38.4 Å². The van der Waals surface area contributed by atoms with Crippen molar-refractivity contribution in [2.45, 2.75) is 12.5 Å². The Bertz CT molecular complexity index is 608. The number of carbonyl (C=O) groups excluding carboxylic acids is 1. The lowest BCUT2D eigenvalue weighted by Crippen LogP contribution is -2.42. The predicted molar refractivity (Wildman–Crippen MR) is 73.0 cm³/mol. The fraction of sp³-hybridized carbons (Fsp3) is 0.667. The summed E-state index contributed by atoms with van der Waals surface area (Å²) in [6.07, 6.45) is 2.86.